The van der Waals surface area contributed by atoms with E-state index in [1.54, 1.807) is 43.5 Å². The SMILES string of the molecule is COCCCNC(=O)C(=O)N/N=C\c1ccc(OCC(=O)Nc2ccc(C)c(Cl)c2)c(OC)c1. The Hall–Kier alpha value is -3.63. The zero-order chi connectivity index (χ0) is 24.9. The van der Waals surface area contributed by atoms with E-state index in [1.807, 2.05) is 6.92 Å². The highest BCUT2D eigenvalue weighted by atomic mass is 35.5. The molecule has 2 rings (SSSR count). The number of nitrogens with zero attached hydrogens (tertiary/aromatic N) is 1. The van der Waals surface area contributed by atoms with E-state index < -0.39 is 11.8 Å². The van der Waals surface area contributed by atoms with Crippen LogP contribution in [0.15, 0.2) is 41.5 Å². The van der Waals surface area contributed by atoms with Gasteiger partial charge in [-0.05, 0) is 54.8 Å². The van der Waals surface area contributed by atoms with Gasteiger partial charge in [0, 0.05) is 31.0 Å². The van der Waals surface area contributed by atoms with Gasteiger partial charge in [-0.15, -0.1) is 0 Å². The van der Waals surface area contributed by atoms with Crippen LogP contribution < -0.4 is 25.5 Å². The minimum atomic E-state index is -0.888. The maximum absolute atomic E-state index is 12.2. The van der Waals surface area contributed by atoms with Crippen molar-refractivity contribution in [1.29, 1.82) is 0 Å². The van der Waals surface area contributed by atoms with Crippen molar-refractivity contribution in [2.75, 3.05) is 39.3 Å². The van der Waals surface area contributed by atoms with E-state index >= 15 is 0 Å². The van der Waals surface area contributed by atoms with Gasteiger partial charge in [-0.3, -0.25) is 14.4 Å². The fraction of sp³-hybridized carbons (Fsp3) is 0.304. The molecule has 11 heteroatoms. The Bertz CT molecular complexity index is 1040. The normalized spacial score (nSPS) is 10.6. The van der Waals surface area contributed by atoms with Crippen LogP contribution in [0.1, 0.15) is 17.5 Å². The maximum atomic E-state index is 12.2. The summed E-state index contributed by atoms with van der Waals surface area (Å²) in [4.78, 5) is 35.6. The van der Waals surface area contributed by atoms with E-state index in [9.17, 15) is 14.4 Å². The molecule has 0 unspecified atom stereocenters. The second kappa shape index (κ2) is 13.8. The van der Waals surface area contributed by atoms with Crippen LogP contribution in [0.4, 0.5) is 5.69 Å². The summed E-state index contributed by atoms with van der Waals surface area (Å²) in [6.07, 6.45) is 1.94. The summed E-state index contributed by atoms with van der Waals surface area (Å²) < 4.78 is 15.7. The van der Waals surface area contributed by atoms with Gasteiger partial charge in [0.2, 0.25) is 0 Å². The van der Waals surface area contributed by atoms with Crippen molar-refractivity contribution in [1.82, 2.24) is 10.7 Å². The number of aryl methyl sites for hydroxylation is 1. The van der Waals surface area contributed by atoms with Crippen LogP contribution in [0.3, 0.4) is 0 Å². The molecular formula is C23H27ClN4O6. The van der Waals surface area contributed by atoms with E-state index in [0.29, 0.717) is 47.3 Å². The molecule has 0 heterocycles. The van der Waals surface area contributed by atoms with Gasteiger partial charge < -0.3 is 24.8 Å². The summed E-state index contributed by atoms with van der Waals surface area (Å²) in [6, 6.07) is 10.1. The molecule has 34 heavy (non-hydrogen) atoms. The summed E-state index contributed by atoms with van der Waals surface area (Å²) in [6.45, 7) is 2.42. The minimum absolute atomic E-state index is 0.245. The molecule has 0 saturated heterocycles. The summed E-state index contributed by atoms with van der Waals surface area (Å²) in [5, 5.41) is 9.48. The lowest BCUT2D eigenvalue weighted by atomic mass is 10.2. The van der Waals surface area contributed by atoms with Gasteiger partial charge in [0.05, 0.1) is 13.3 Å². The van der Waals surface area contributed by atoms with Gasteiger partial charge >= 0.3 is 11.8 Å². The number of hydrazone groups is 1. The van der Waals surface area contributed by atoms with E-state index in [-0.39, 0.29) is 12.5 Å². The summed E-state index contributed by atoms with van der Waals surface area (Å²) in [5.41, 5.74) is 4.19. The third-order valence-corrected chi connectivity index (χ3v) is 4.81. The molecule has 2 aromatic rings. The number of hydrogen-bond acceptors (Lipinski definition) is 7. The first-order chi connectivity index (χ1) is 16.3. The van der Waals surface area contributed by atoms with Gasteiger partial charge in [-0.25, -0.2) is 5.43 Å². The van der Waals surface area contributed by atoms with Crippen LogP contribution in [0.2, 0.25) is 5.02 Å². The molecule has 0 aliphatic rings. The molecule has 182 valence electrons. The predicted molar refractivity (Wildman–Crippen MR) is 129 cm³/mol. The number of nitrogens with one attached hydrogen (secondary N) is 3. The Labute approximate surface area is 202 Å². The predicted octanol–water partition coefficient (Wildman–Crippen LogP) is 2.28. The fourth-order valence-electron chi connectivity index (χ4n) is 2.61. The largest absolute Gasteiger partial charge is 0.493 e. The number of benzene rings is 2. The van der Waals surface area contributed by atoms with E-state index in [0.717, 1.165) is 5.56 Å². The lowest BCUT2D eigenvalue weighted by Crippen LogP contribution is -2.38. The molecule has 0 bridgehead atoms. The number of rotatable bonds is 11. The number of ether oxygens (including phenoxy) is 3. The zero-order valence-electron chi connectivity index (χ0n) is 19.1. The maximum Gasteiger partial charge on any atom is 0.329 e. The van der Waals surface area contributed by atoms with Crippen molar-refractivity contribution < 1.29 is 28.6 Å². The topological polar surface area (TPSA) is 127 Å². The molecule has 3 N–H and O–H groups in total. The highest BCUT2D eigenvalue weighted by Crippen LogP contribution is 2.27. The smallest absolute Gasteiger partial charge is 0.329 e. The summed E-state index contributed by atoms with van der Waals surface area (Å²) in [7, 11) is 3.00. The second-order valence-electron chi connectivity index (χ2n) is 7.01. The fourth-order valence-corrected chi connectivity index (χ4v) is 2.79. The van der Waals surface area contributed by atoms with Gasteiger partial charge in [0.25, 0.3) is 5.91 Å². The monoisotopic (exact) mass is 490 g/mol. The number of halogens is 1. The standard InChI is InChI=1S/C23H27ClN4O6/c1-15-5-7-17(12-18(15)24)27-21(29)14-34-19-8-6-16(11-20(19)33-3)13-26-28-23(31)22(30)25-9-4-10-32-2/h5-8,11-13H,4,9-10,14H2,1-3H3,(H,25,30)(H,27,29)(H,28,31)/b26-13-. The van der Waals surface area contributed by atoms with Crippen LogP contribution in [0.5, 0.6) is 11.5 Å². The molecule has 0 aliphatic carbocycles. The lowest BCUT2D eigenvalue weighted by Gasteiger charge is -2.12. The van der Waals surface area contributed by atoms with Crippen LogP contribution in [0, 0.1) is 6.92 Å². The number of carbonyl (C=O) groups is 3. The van der Waals surface area contributed by atoms with Gasteiger partial charge in [0.1, 0.15) is 0 Å². The third kappa shape index (κ3) is 8.72. The molecule has 3 amide bonds. The van der Waals surface area contributed by atoms with Crippen molar-refractivity contribution in [3.05, 3.63) is 52.5 Å². The first kappa shape index (κ1) is 26.6. The van der Waals surface area contributed by atoms with Crippen molar-refractivity contribution in [3.63, 3.8) is 0 Å². The Morgan fingerprint density at radius 1 is 1.06 bits per heavy atom. The molecule has 0 spiro atoms. The Morgan fingerprint density at radius 2 is 1.85 bits per heavy atom. The quantitative estimate of drug-likeness (QED) is 0.192. The van der Waals surface area contributed by atoms with E-state index in [2.05, 4.69) is 21.2 Å². The van der Waals surface area contributed by atoms with Gasteiger partial charge in [0.15, 0.2) is 18.1 Å². The first-order valence-corrected chi connectivity index (χ1v) is 10.7. The van der Waals surface area contributed by atoms with E-state index in [4.69, 9.17) is 25.8 Å². The highest BCUT2D eigenvalue weighted by molar-refractivity contribution is 6.35. The lowest BCUT2D eigenvalue weighted by molar-refractivity contribution is -0.139. The van der Waals surface area contributed by atoms with Gasteiger partial charge in [-0.2, -0.15) is 5.10 Å². The number of hydrogen-bond donors (Lipinski definition) is 3. The Morgan fingerprint density at radius 3 is 2.56 bits per heavy atom. The molecule has 0 aliphatic heterocycles. The highest BCUT2D eigenvalue weighted by Gasteiger charge is 2.12. The number of methoxy groups -OCH3 is 2. The van der Waals surface area contributed by atoms with Crippen LogP contribution in [-0.4, -0.2) is 57.9 Å². The number of anilines is 1. The average Bonchev–Trinajstić information content (AvgIpc) is 2.82. The van der Waals surface area contributed by atoms with Crippen LogP contribution in [0.25, 0.3) is 0 Å². The molecule has 2 aromatic carbocycles. The molecule has 0 radical (unpaired) electrons. The molecule has 0 atom stereocenters. The van der Waals surface area contributed by atoms with Crippen molar-refractivity contribution in [2.24, 2.45) is 5.10 Å². The number of amides is 3. The average molecular weight is 491 g/mol. The van der Waals surface area contributed by atoms with Gasteiger partial charge in [-0.1, -0.05) is 17.7 Å². The molecule has 0 aromatic heterocycles. The minimum Gasteiger partial charge on any atom is -0.493 e. The summed E-state index contributed by atoms with van der Waals surface area (Å²) in [5.74, 6) is -1.34. The Kier molecular flexibility index (Phi) is 10.8. The Balaban J connectivity index is 1.87. The van der Waals surface area contributed by atoms with Crippen LogP contribution >= 0.6 is 11.6 Å². The third-order valence-electron chi connectivity index (χ3n) is 4.40. The molecule has 0 saturated carbocycles. The van der Waals surface area contributed by atoms with Crippen LogP contribution in [-0.2, 0) is 19.1 Å². The first-order valence-electron chi connectivity index (χ1n) is 10.3. The second-order valence-corrected chi connectivity index (χ2v) is 7.42. The van der Waals surface area contributed by atoms with Crippen molar-refractivity contribution in [2.45, 2.75) is 13.3 Å². The molecular weight excluding hydrogens is 464 g/mol. The molecule has 10 nitrogen and oxygen atoms in total. The van der Waals surface area contributed by atoms with E-state index in [1.165, 1.54) is 13.3 Å². The zero-order valence-corrected chi connectivity index (χ0v) is 19.9. The molecule has 0 fully saturated rings. The number of carbonyl (C=O) groups excluding carboxylic acids is 3. The van der Waals surface area contributed by atoms with Crippen molar-refractivity contribution >= 4 is 41.2 Å². The van der Waals surface area contributed by atoms with Crippen molar-refractivity contribution in [3.8, 4) is 11.5 Å². The summed E-state index contributed by atoms with van der Waals surface area (Å²) >= 11 is 6.07.